The lowest BCUT2D eigenvalue weighted by Gasteiger charge is -2.17. The zero-order chi connectivity index (χ0) is 17.9. The highest BCUT2D eigenvalue weighted by Gasteiger charge is 2.30. The monoisotopic (exact) mass is 354 g/mol. The molecule has 3 N–H and O–H groups in total. The summed E-state index contributed by atoms with van der Waals surface area (Å²) in [5.41, 5.74) is 2.57. The summed E-state index contributed by atoms with van der Waals surface area (Å²) in [4.78, 5) is 13.4. The first-order chi connectivity index (χ1) is 12.8. The fourth-order valence-electron chi connectivity index (χ4n) is 3.28. The summed E-state index contributed by atoms with van der Waals surface area (Å²) in [5.74, 6) is 1.36. The molecule has 1 saturated heterocycles. The van der Waals surface area contributed by atoms with Crippen LogP contribution in [0.5, 0.6) is 0 Å². The van der Waals surface area contributed by atoms with Crippen molar-refractivity contribution >= 4 is 22.9 Å². The van der Waals surface area contributed by atoms with Gasteiger partial charge in [-0.05, 0) is 18.4 Å². The van der Waals surface area contributed by atoms with Crippen molar-refractivity contribution in [2.24, 2.45) is 0 Å². The topological polar surface area (TPSA) is 97.1 Å². The maximum Gasteiger partial charge on any atom is 0.207 e. The lowest BCUT2D eigenvalue weighted by Crippen LogP contribution is -2.17. The molecular weight excluding hydrogens is 332 g/mol. The fraction of sp³-hybridized carbons (Fsp3) is 0.389. The average molecular weight is 354 g/mol. The van der Waals surface area contributed by atoms with Gasteiger partial charge in [-0.25, -0.2) is 15.0 Å². The van der Waals surface area contributed by atoms with E-state index < -0.39 is 0 Å². The van der Waals surface area contributed by atoms with Crippen LogP contribution >= 0.6 is 0 Å². The van der Waals surface area contributed by atoms with E-state index in [9.17, 15) is 5.11 Å². The molecule has 8 heteroatoms. The summed E-state index contributed by atoms with van der Waals surface area (Å²) in [6, 6.07) is 10.1. The zero-order valence-electron chi connectivity index (χ0n) is 14.6. The van der Waals surface area contributed by atoms with Crippen LogP contribution < -0.4 is 10.6 Å². The van der Waals surface area contributed by atoms with Crippen molar-refractivity contribution in [2.75, 3.05) is 24.3 Å². The Morgan fingerprint density at radius 2 is 2.08 bits per heavy atom. The smallest absolute Gasteiger partial charge is 0.207 e. The second-order valence-electron chi connectivity index (χ2n) is 6.26. The number of imidazole rings is 1. The van der Waals surface area contributed by atoms with Gasteiger partial charge in [-0.3, -0.25) is 4.57 Å². The van der Waals surface area contributed by atoms with E-state index in [1.54, 1.807) is 0 Å². The van der Waals surface area contributed by atoms with Gasteiger partial charge in [-0.15, -0.1) is 0 Å². The Morgan fingerprint density at radius 3 is 2.81 bits per heavy atom. The van der Waals surface area contributed by atoms with Crippen LogP contribution in [0.1, 0.15) is 24.6 Å². The van der Waals surface area contributed by atoms with Gasteiger partial charge in [0.15, 0.2) is 17.0 Å². The minimum absolute atomic E-state index is 0.0205. The Balaban J connectivity index is 1.71. The molecule has 2 atom stereocenters. The van der Waals surface area contributed by atoms with Gasteiger partial charge in [-0.1, -0.05) is 30.3 Å². The van der Waals surface area contributed by atoms with Crippen molar-refractivity contribution in [1.29, 1.82) is 0 Å². The Hall–Kier alpha value is -2.71. The summed E-state index contributed by atoms with van der Waals surface area (Å²) in [5, 5.41) is 15.9. The minimum atomic E-state index is -0.213. The number of hydrogen-bond donors (Lipinski definition) is 3. The van der Waals surface area contributed by atoms with Crippen molar-refractivity contribution in [3.8, 4) is 0 Å². The third-order valence-corrected chi connectivity index (χ3v) is 4.58. The SMILES string of the molecule is CNc1ncnc2c1nc(NCc1ccccc1)n2C1CCC(CO)O1. The molecule has 1 aromatic carbocycles. The molecule has 136 valence electrons. The van der Waals surface area contributed by atoms with Crippen LogP contribution in [0.3, 0.4) is 0 Å². The van der Waals surface area contributed by atoms with Gasteiger partial charge in [0.25, 0.3) is 0 Å². The lowest BCUT2D eigenvalue weighted by molar-refractivity contribution is -0.0197. The number of anilines is 2. The maximum absolute atomic E-state index is 9.40. The summed E-state index contributed by atoms with van der Waals surface area (Å²) in [6.45, 7) is 0.662. The van der Waals surface area contributed by atoms with Crippen molar-refractivity contribution in [3.63, 3.8) is 0 Å². The summed E-state index contributed by atoms with van der Waals surface area (Å²) < 4.78 is 7.95. The molecule has 1 fully saturated rings. The highest BCUT2D eigenvalue weighted by Crippen LogP contribution is 2.34. The number of rotatable bonds is 6. The summed E-state index contributed by atoms with van der Waals surface area (Å²) in [7, 11) is 1.81. The van der Waals surface area contributed by atoms with Crippen LogP contribution in [0.4, 0.5) is 11.8 Å². The van der Waals surface area contributed by atoms with E-state index >= 15 is 0 Å². The number of hydrogen-bond acceptors (Lipinski definition) is 7. The third-order valence-electron chi connectivity index (χ3n) is 4.58. The molecule has 0 aliphatic carbocycles. The Labute approximate surface area is 151 Å². The van der Waals surface area contributed by atoms with Crippen LogP contribution in [-0.4, -0.2) is 44.4 Å². The van der Waals surface area contributed by atoms with E-state index in [1.165, 1.54) is 6.33 Å². The Kier molecular flexibility index (Phi) is 4.68. The Morgan fingerprint density at radius 1 is 1.23 bits per heavy atom. The quantitative estimate of drug-likeness (QED) is 0.624. The van der Waals surface area contributed by atoms with E-state index in [2.05, 4.69) is 32.7 Å². The standard InChI is InChI=1S/C18H22N6O2/c1-19-16-15-17(22-11-21-16)24(14-8-7-13(10-25)26-14)18(23-15)20-9-12-5-3-2-4-6-12/h2-6,11,13-14,25H,7-10H2,1H3,(H,20,23)(H,19,21,22). The van der Waals surface area contributed by atoms with Gasteiger partial charge < -0.3 is 20.5 Å². The number of aliphatic hydroxyl groups excluding tert-OH is 1. The number of benzene rings is 1. The molecule has 3 aromatic rings. The van der Waals surface area contributed by atoms with Gasteiger partial charge in [0.2, 0.25) is 5.95 Å². The van der Waals surface area contributed by atoms with E-state index in [4.69, 9.17) is 9.72 Å². The molecule has 2 unspecified atom stereocenters. The minimum Gasteiger partial charge on any atom is -0.394 e. The van der Waals surface area contributed by atoms with Crippen LogP contribution in [0.2, 0.25) is 0 Å². The number of aliphatic hydroxyl groups is 1. The highest BCUT2D eigenvalue weighted by molar-refractivity contribution is 5.85. The number of aromatic nitrogens is 4. The molecule has 0 radical (unpaired) electrons. The second kappa shape index (κ2) is 7.27. The first-order valence-corrected chi connectivity index (χ1v) is 8.75. The molecule has 8 nitrogen and oxygen atoms in total. The largest absolute Gasteiger partial charge is 0.394 e. The molecule has 26 heavy (non-hydrogen) atoms. The molecule has 2 aromatic heterocycles. The van der Waals surface area contributed by atoms with Crippen LogP contribution in [0, 0.1) is 0 Å². The first kappa shape index (κ1) is 16.7. The van der Waals surface area contributed by atoms with Gasteiger partial charge >= 0.3 is 0 Å². The van der Waals surface area contributed by atoms with E-state index in [-0.39, 0.29) is 18.9 Å². The van der Waals surface area contributed by atoms with Crippen molar-refractivity contribution in [2.45, 2.75) is 31.7 Å². The summed E-state index contributed by atoms with van der Waals surface area (Å²) in [6.07, 6.45) is 2.77. The normalized spacial score (nSPS) is 19.8. The fourth-order valence-corrected chi connectivity index (χ4v) is 3.28. The molecular formula is C18H22N6O2. The van der Waals surface area contributed by atoms with Crippen LogP contribution in [-0.2, 0) is 11.3 Å². The van der Waals surface area contributed by atoms with Crippen molar-refractivity contribution in [1.82, 2.24) is 19.5 Å². The molecule has 3 heterocycles. The molecule has 1 aliphatic heterocycles. The highest BCUT2D eigenvalue weighted by atomic mass is 16.5. The third kappa shape index (κ3) is 3.09. The predicted octanol–water partition coefficient (Wildman–Crippen LogP) is 2.15. The van der Waals surface area contributed by atoms with Crippen LogP contribution in [0.25, 0.3) is 11.2 Å². The molecule has 1 aliphatic rings. The van der Waals surface area contributed by atoms with E-state index in [1.807, 2.05) is 29.8 Å². The van der Waals surface area contributed by atoms with Crippen molar-refractivity contribution in [3.05, 3.63) is 42.2 Å². The van der Waals surface area contributed by atoms with E-state index in [0.29, 0.717) is 29.5 Å². The lowest BCUT2D eigenvalue weighted by atomic mass is 10.2. The number of fused-ring (bicyclic) bond motifs is 1. The molecule has 0 spiro atoms. The van der Waals surface area contributed by atoms with E-state index in [0.717, 1.165) is 18.4 Å². The second-order valence-corrected chi connectivity index (χ2v) is 6.26. The first-order valence-electron chi connectivity index (χ1n) is 8.75. The average Bonchev–Trinajstić information content (AvgIpc) is 3.30. The molecule has 0 bridgehead atoms. The summed E-state index contributed by atoms with van der Waals surface area (Å²) >= 11 is 0. The van der Waals surface area contributed by atoms with Gasteiger partial charge in [-0.2, -0.15) is 0 Å². The number of ether oxygens (including phenoxy) is 1. The Bertz CT molecular complexity index is 882. The maximum atomic E-state index is 9.40. The zero-order valence-corrected chi connectivity index (χ0v) is 14.6. The number of nitrogens with one attached hydrogen (secondary N) is 2. The van der Waals surface area contributed by atoms with Gasteiger partial charge in [0, 0.05) is 13.6 Å². The molecule has 4 rings (SSSR count). The van der Waals surface area contributed by atoms with Crippen LogP contribution in [0.15, 0.2) is 36.7 Å². The van der Waals surface area contributed by atoms with Crippen molar-refractivity contribution < 1.29 is 9.84 Å². The number of nitrogens with zero attached hydrogens (tertiary/aromatic N) is 4. The van der Waals surface area contributed by atoms with Gasteiger partial charge in [0.1, 0.15) is 12.6 Å². The predicted molar refractivity (Wildman–Crippen MR) is 98.9 cm³/mol. The molecule has 0 amide bonds. The molecule has 0 saturated carbocycles. The van der Waals surface area contributed by atoms with Gasteiger partial charge in [0.05, 0.1) is 12.7 Å².